The van der Waals surface area contributed by atoms with E-state index in [2.05, 4.69) is 22.3 Å². The molecule has 90 valence electrons. The van der Waals surface area contributed by atoms with Crippen LogP contribution in [-0.4, -0.2) is 43.5 Å². The second kappa shape index (κ2) is 3.95. The molecule has 0 saturated carbocycles. The van der Waals surface area contributed by atoms with Gasteiger partial charge >= 0.3 is 0 Å². The van der Waals surface area contributed by atoms with Gasteiger partial charge in [0.2, 0.25) is 5.91 Å². The fraction of sp³-hybridized carbons (Fsp3) is 0.462. The third-order valence-corrected chi connectivity index (χ3v) is 3.66. The van der Waals surface area contributed by atoms with Gasteiger partial charge in [0, 0.05) is 26.7 Å². The van der Waals surface area contributed by atoms with Gasteiger partial charge in [0.05, 0.1) is 11.4 Å². The number of amides is 1. The molecule has 3 rings (SSSR count). The van der Waals surface area contributed by atoms with E-state index >= 15 is 0 Å². The van der Waals surface area contributed by atoms with Crippen LogP contribution in [0.15, 0.2) is 24.3 Å². The van der Waals surface area contributed by atoms with Gasteiger partial charge in [-0.2, -0.15) is 0 Å². The molecule has 1 amide bonds. The van der Waals surface area contributed by atoms with Crippen molar-refractivity contribution in [2.45, 2.75) is 12.5 Å². The lowest BCUT2D eigenvalue weighted by molar-refractivity contribution is -0.127. The molecule has 1 atom stereocenters. The second-order valence-electron chi connectivity index (χ2n) is 4.70. The topological polar surface area (TPSA) is 35.6 Å². The molecule has 0 aromatic heterocycles. The molecule has 1 saturated heterocycles. The van der Waals surface area contributed by atoms with Gasteiger partial charge in [0.1, 0.15) is 6.04 Å². The van der Waals surface area contributed by atoms with Crippen molar-refractivity contribution in [3.05, 3.63) is 24.3 Å². The maximum atomic E-state index is 12.1. The summed E-state index contributed by atoms with van der Waals surface area (Å²) in [5.41, 5.74) is 2.30. The van der Waals surface area contributed by atoms with Crippen molar-refractivity contribution in [3.8, 4) is 0 Å². The van der Waals surface area contributed by atoms with Crippen LogP contribution in [0.3, 0.4) is 0 Å². The predicted octanol–water partition coefficient (Wildman–Crippen LogP) is 1.15. The Labute approximate surface area is 101 Å². The first kappa shape index (κ1) is 10.4. The van der Waals surface area contributed by atoms with E-state index in [4.69, 9.17) is 0 Å². The lowest BCUT2D eigenvalue weighted by Gasteiger charge is -2.35. The molecule has 0 aliphatic carbocycles. The van der Waals surface area contributed by atoms with Crippen LogP contribution < -0.4 is 10.2 Å². The number of hydrogen-bond donors (Lipinski definition) is 1. The van der Waals surface area contributed by atoms with Crippen LogP contribution in [0.5, 0.6) is 0 Å². The molecule has 0 radical (unpaired) electrons. The Morgan fingerprint density at radius 3 is 2.88 bits per heavy atom. The summed E-state index contributed by atoms with van der Waals surface area (Å²) in [6, 6.07) is 8.25. The van der Waals surface area contributed by atoms with Gasteiger partial charge in [-0.1, -0.05) is 12.1 Å². The van der Waals surface area contributed by atoms with E-state index in [0.29, 0.717) is 0 Å². The maximum absolute atomic E-state index is 12.1. The van der Waals surface area contributed by atoms with E-state index in [0.717, 1.165) is 37.4 Å². The van der Waals surface area contributed by atoms with Crippen LogP contribution in [0.4, 0.5) is 11.4 Å². The second-order valence-corrected chi connectivity index (χ2v) is 4.70. The highest BCUT2D eigenvalue weighted by Gasteiger charge is 2.35. The molecule has 17 heavy (non-hydrogen) atoms. The fourth-order valence-electron chi connectivity index (χ4n) is 2.72. The molecule has 0 bridgehead atoms. The number of hydrogen-bond acceptors (Lipinski definition) is 3. The van der Waals surface area contributed by atoms with Gasteiger partial charge in [-0.15, -0.1) is 0 Å². The minimum Gasteiger partial charge on any atom is -0.382 e. The number of nitrogens with zero attached hydrogens (tertiary/aromatic N) is 2. The molecular formula is C13H17N3O. The number of anilines is 2. The third-order valence-electron chi connectivity index (χ3n) is 3.66. The molecule has 1 aromatic rings. The molecule has 1 unspecified atom stereocenters. The average Bonchev–Trinajstić information content (AvgIpc) is 2.69. The van der Waals surface area contributed by atoms with Crippen molar-refractivity contribution in [3.63, 3.8) is 0 Å². The summed E-state index contributed by atoms with van der Waals surface area (Å²) in [5.74, 6) is 0.252. The first-order valence-corrected chi connectivity index (χ1v) is 6.12. The van der Waals surface area contributed by atoms with E-state index < -0.39 is 0 Å². The molecule has 1 N–H and O–H groups in total. The number of rotatable bonds is 1. The average molecular weight is 231 g/mol. The maximum Gasteiger partial charge on any atom is 0.245 e. The lowest BCUT2D eigenvalue weighted by atomic mass is 10.1. The highest BCUT2D eigenvalue weighted by molar-refractivity contribution is 5.89. The highest BCUT2D eigenvalue weighted by atomic mass is 16.2. The van der Waals surface area contributed by atoms with Gasteiger partial charge in [-0.3, -0.25) is 4.79 Å². The van der Waals surface area contributed by atoms with Crippen LogP contribution in [0.1, 0.15) is 6.42 Å². The van der Waals surface area contributed by atoms with E-state index in [1.807, 2.05) is 24.1 Å². The monoisotopic (exact) mass is 231 g/mol. The number of benzene rings is 1. The van der Waals surface area contributed by atoms with E-state index in [1.54, 1.807) is 0 Å². The summed E-state index contributed by atoms with van der Waals surface area (Å²) in [7, 11) is 1.89. The van der Waals surface area contributed by atoms with E-state index in [9.17, 15) is 4.79 Å². The molecule has 1 aromatic carbocycles. The summed E-state index contributed by atoms with van der Waals surface area (Å²) in [6.45, 7) is 2.68. The first-order chi connectivity index (χ1) is 8.27. The van der Waals surface area contributed by atoms with Gasteiger partial charge in [-0.05, 0) is 18.6 Å². The quantitative estimate of drug-likeness (QED) is 0.787. The first-order valence-electron chi connectivity index (χ1n) is 6.12. The van der Waals surface area contributed by atoms with Gasteiger partial charge in [-0.25, -0.2) is 0 Å². The standard InChI is InChI=1S/C13H17N3O/c1-15-8-6-12(13(15)17)16-9-7-14-10-4-2-3-5-11(10)16/h2-5,12,14H,6-9H2,1H3. The molecule has 2 heterocycles. The number of fused-ring (bicyclic) bond motifs is 1. The minimum atomic E-state index is 0.0308. The van der Waals surface area contributed by atoms with Gasteiger partial charge in [0.15, 0.2) is 0 Å². The van der Waals surface area contributed by atoms with Crippen molar-refractivity contribution in [2.24, 2.45) is 0 Å². The minimum absolute atomic E-state index is 0.0308. The molecule has 4 nitrogen and oxygen atoms in total. The summed E-state index contributed by atoms with van der Waals surface area (Å²) in [5, 5.41) is 3.38. The van der Waals surface area contributed by atoms with Crippen LogP contribution in [0.25, 0.3) is 0 Å². The Hall–Kier alpha value is -1.71. The Bertz CT molecular complexity index is 446. The van der Waals surface area contributed by atoms with Crippen molar-refractivity contribution >= 4 is 17.3 Å². The van der Waals surface area contributed by atoms with Gasteiger partial charge in [0.25, 0.3) is 0 Å². The Balaban J connectivity index is 1.93. The largest absolute Gasteiger partial charge is 0.382 e. The summed E-state index contributed by atoms with van der Waals surface area (Å²) in [6.07, 6.45) is 0.934. The van der Waals surface area contributed by atoms with Crippen molar-refractivity contribution < 1.29 is 4.79 Å². The van der Waals surface area contributed by atoms with E-state index in [1.165, 1.54) is 0 Å². The van der Waals surface area contributed by atoms with Crippen LogP contribution in [0, 0.1) is 0 Å². The van der Waals surface area contributed by atoms with Gasteiger partial charge < -0.3 is 15.1 Å². The number of nitrogens with one attached hydrogen (secondary N) is 1. The smallest absolute Gasteiger partial charge is 0.245 e. The predicted molar refractivity (Wildman–Crippen MR) is 68.3 cm³/mol. The Kier molecular flexibility index (Phi) is 2.42. The third kappa shape index (κ3) is 1.64. The highest BCUT2D eigenvalue weighted by Crippen LogP contribution is 2.32. The summed E-state index contributed by atoms with van der Waals surface area (Å²) < 4.78 is 0. The lowest BCUT2D eigenvalue weighted by Crippen LogP contribution is -2.45. The Morgan fingerprint density at radius 2 is 2.12 bits per heavy atom. The molecule has 2 aliphatic rings. The van der Waals surface area contributed by atoms with Crippen LogP contribution in [-0.2, 0) is 4.79 Å². The van der Waals surface area contributed by atoms with Crippen molar-refractivity contribution in [1.82, 2.24) is 4.90 Å². The zero-order chi connectivity index (χ0) is 11.8. The Morgan fingerprint density at radius 1 is 1.29 bits per heavy atom. The normalized spacial score (nSPS) is 23.6. The molecule has 2 aliphatic heterocycles. The summed E-state index contributed by atoms with van der Waals surface area (Å²) in [4.78, 5) is 16.2. The molecular weight excluding hydrogens is 214 g/mol. The molecule has 0 spiro atoms. The SMILES string of the molecule is CN1CCC(N2CCNc3ccccc32)C1=O. The zero-order valence-electron chi connectivity index (χ0n) is 10.0. The van der Waals surface area contributed by atoms with Crippen LogP contribution in [0.2, 0.25) is 0 Å². The van der Waals surface area contributed by atoms with Crippen LogP contribution >= 0.6 is 0 Å². The van der Waals surface area contributed by atoms with Crippen molar-refractivity contribution in [2.75, 3.05) is 36.9 Å². The summed E-state index contributed by atoms with van der Waals surface area (Å²) >= 11 is 0. The van der Waals surface area contributed by atoms with E-state index in [-0.39, 0.29) is 11.9 Å². The number of para-hydroxylation sites is 2. The molecule has 1 fully saturated rings. The number of carbonyl (C=O) groups excluding carboxylic acids is 1. The number of likely N-dealkylation sites (N-methyl/N-ethyl adjacent to an activating group) is 1. The molecule has 4 heteroatoms. The zero-order valence-corrected chi connectivity index (χ0v) is 10.0. The number of likely N-dealkylation sites (tertiary alicyclic amines) is 1. The number of carbonyl (C=O) groups is 1. The fourth-order valence-corrected chi connectivity index (χ4v) is 2.72. The van der Waals surface area contributed by atoms with Crippen molar-refractivity contribution in [1.29, 1.82) is 0 Å².